The molecule has 194 valence electrons. The van der Waals surface area contributed by atoms with Crippen molar-refractivity contribution in [3.8, 4) is 0 Å². The molecule has 0 atom stereocenters. The molecule has 3 aromatic rings. The highest BCUT2D eigenvalue weighted by molar-refractivity contribution is 7.99. The summed E-state index contributed by atoms with van der Waals surface area (Å²) in [6.45, 7) is 7.71. The third-order valence-electron chi connectivity index (χ3n) is 5.67. The van der Waals surface area contributed by atoms with Gasteiger partial charge in [-0.25, -0.2) is 14.6 Å². The highest BCUT2D eigenvalue weighted by Crippen LogP contribution is 2.35. The molecule has 1 aromatic carbocycles. The van der Waals surface area contributed by atoms with Crippen LogP contribution in [0.2, 0.25) is 0 Å². The molecule has 4 rings (SSSR count). The Labute approximate surface area is 221 Å². The van der Waals surface area contributed by atoms with Crippen LogP contribution in [0.3, 0.4) is 0 Å². The van der Waals surface area contributed by atoms with Crippen LogP contribution in [-0.2, 0) is 33.7 Å². The summed E-state index contributed by atoms with van der Waals surface area (Å²) in [5.74, 6) is -1.67. The number of carbonyl (C=O) groups excluding carboxylic acids is 3. The first-order chi connectivity index (χ1) is 17.9. The van der Waals surface area contributed by atoms with Gasteiger partial charge in [0.15, 0.2) is 5.16 Å². The molecule has 9 nitrogen and oxygen atoms in total. The van der Waals surface area contributed by atoms with Crippen molar-refractivity contribution in [2.75, 3.05) is 24.3 Å². The zero-order valence-electron chi connectivity index (χ0n) is 20.6. The molecule has 0 bridgehead atoms. The number of thiophene rings is 1. The number of ether oxygens (including phenoxy) is 2. The van der Waals surface area contributed by atoms with Crippen LogP contribution < -0.4 is 10.9 Å². The maximum absolute atomic E-state index is 13.3. The molecule has 1 aliphatic rings. The van der Waals surface area contributed by atoms with E-state index in [0.717, 1.165) is 36.6 Å². The molecule has 2 heterocycles. The minimum absolute atomic E-state index is 0.0431. The largest absolute Gasteiger partial charge is 0.462 e. The lowest BCUT2D eigenvalue weighted by Crippen LogP contribution is -2.24. The molecular formula is C26H27N3O6S2. The normalized spacial score (nSPS) is 12.3. The standard InChI is InChI=1S/C26H27N3O6S2/c1-4-10-29-23(31)21-18-8-7-9-19(18)37-22(21)28-26(29)36-14-20(30)27-17-12-15(24(32)34-5-2)11-16(13-17)25(33)35-6-3/h4,11-13H,1,5-10,14H2,2-3H3,(H,27,30). The van der Waals surface area contributed by atoms with E-state index in [2.05, 4.69) is 11.9 Å². The van der Waals surface area contributed by atoms with Crippen molar-refractivity contribution in [3.63, 3.8) is 0 Å². The third kappa shape index (κ3) is 5.78. The van der Waals surface area contributed by atoms with Crippen molar-refractivity contribution < 1.29 is 23.9 Å². The molecule has 0 spiro atoms. The highest BCUT2D eigenvalue weighted by Gasteiger charge is 2.23. The average Bonchev–Trinajstić information content (AvgIpc) is 3.46. The molecule has 0 radical (unpaired) electrons. The van der Waals surface area contributed by atoms with Crippen LogP contribution in [0.1, 0.15) is 51.4 Å². The first-order valence-corrected chi connectivity index (χ1v) is 13.7. The van der Waals surface area contributed by atoms with Gasteiger partial charge in [0.2, 0.25) is 5.91 Å². The second-order valence-corrected chi connectivity index (χ2v) is 10.2. The van der Waals surface area contributed by atoms with Crippen LogP contribution >= 0.6 is 23.1 Å². The first kappa shape index (κ1) is 26.6. The summed E-state index contributed by atoms with van der Waals surface area (Å²) in [5, 5.41) is 3.82. The molecule has 1 aliphatic carbocycles. The summed E-state index contributed by atoms with van der Waals surface area (Å²) >= 11 is 2.68. The number of aryl methyl sites for hydroxylation is 2. The smallest absolute Gasteiger partial charge is 0.338 e. The van der Waals surface area contributed by atoms with Crippen LogP contribution in [0.4, 0.5) is 5.69 Å². The summed E-state index contributed by atoms with van der Waals surface area (Å²) in [6, 6.07) is 4.24. The summed E-state index contributed by atoms with van der Waals surface area (Å²) in [4.78, 5) is 57.3. The number of esters is 2. The molecule has 0 aliphatic heterocycles. The van der Waals surface area contributed by atoms with Crippen LogP contribution in [-0.4, -0.2) is 46.4 Å². The molecule has 0 saturated heterocycles. The van der Waals surface area contributed by atoms with Crippen molar-refractivity contribution in [2.45, 2.75) is 44.8 Å². The molecule has 1 amide bonds. The number of amides is 1. The van der Waals surface area contributed by atoms with Crippen molar-refractivity contribution in [2.24, 2.45) is 0 Å². The predicted molar refractivity (Wildman–Crippen MR) is 144 cm³/mol. The fourth-order valence-corrected chi connectivity index (χ4v) is 6.26. The number of rotatable bonds is 10. The van der Waals surface area contributed by atoms with E-state index in [0.29, 0.717) is 15.4 Å². The lowest BCUT2D eigenvalue weighted by atomic mass is 10.1. The quantitative estimate of drug-likeness (QED) is 0.176. The predicted octanol–water partition coefficient (Wildman–Crippen LogP) is 4.22. The van der Waals surface area contributed by atoms with Crippen molar-refractivity contribution in [3.05, 3.63) is 62.8 Å². The summed E-state index contributed by atoms with van der Waals surface area (Å²) < 4.78 is 11.6. The Kier molecular flexibility index (Phi) is 8.45. The molecule has 1 N–H and O–H groups in total. The van der Waals surface area contributed by atoms with Crippen molar-refractivity contribution >= 4 is 56.8 Å². The monoisotopic (exact) mass is 541 g/mol. The number of nitrogens with one attached hydrogen (secondary N) is 1. The lowest BCUT2D eigenvalue weighted by Gasteiger charge is -2.12. The molecule has 0 fully saturated rings. The molecule has 2 aromatic heterocycles. The minimum atomic E-state index is -0.618. The van der Waals surface area contributed by atoms with Crippen LogP contribution in [0.25, 0.3) is 10.2 Å². The van der Waals surface area contributed by atoms with E-state index >= 15 is 0 Å². The van der Waals surface area contributed by atoms with E-state index in [1.165, 1.54) is 23.1 Å². The first-order valence-electron chi connectivity index (χ1n) is 11.9. The number of nitrogens with zero attached hydrogens (tertiary/aromatic N) is 2. The number of hydrogen-bond acceptors (Lipinski definition) is 9. The van der Waals surface area contributed by atoms with Crippen molar-refractivity contribution in [1.29, 1.82) is 0 Å². The van der Waals surface area contributed by atoms with E-state index in [1.54, 1.807) is 35.8 Å². The Bertz CT molecular complexity index is 1410. The maximum Gasteiger partial charge on any atom is 0.338 e. The molecule has 0 saturated carbocycles. The van der Waals surface area contributed by atoms with E-state index in [4.69, 9.17) is 14.5 Å². The van der Waals surface area contributed by atoms with Gasteiger partial charge in [-0.05, 0) is 56.9 Å². The molecule has 0 unspecified atom stereocenters. The van der Waals surface area contributed by atoms with Crippen molar-refractivity contribution in [1.82, 2.24) is 9.55 Å². The SMILES string of the molecule is C=CCn1c(SCC(=O)Nc2cc(C(=O)OCC)cc(C(=O)OCC)c2)nc2sc3c(c2c1=O)CCC3. The zero-order valence-corrected chi connectivity index (χ0v) is 22.3. The third-order valence-corrected chi connectivity index (χ3v) is 7.83. The summed E-state index contributed by atoms with van der Waals surface area (Å²) in [7, 11) is 0. The van der Waals surface area contributed by atoms with Gasteiger partial charge in [-0.2, -0.15) is 0 Å². The number of fused-ring (bicyclic) bond motifs is 3. The van der Waals surface area contributed by atoms with Crippen LogP contribution in [0.15, 0.2) is 40.8 Å². The van der Waals surface area contributed by atoms with Gasteiger partial charge in [0, 0.05) is 17.1 Å². The number of aromatic nitrogens is 2. The average molecular weight is 542 g/mol. The van der Waals surface area contributed by atoms with Gasteiger partial charge in [-0.15, -0.1) is 17.9 Å². The van der Waals surface area contributed by atoms with Gasteiger partial charge < -0.3 is 14.8 Å². The Hall–Kier alpha value is -3.44. The van der Waals surface area contributed by atoms with Crippen LogP contribution in [0, 0.1) is 0 Å². The zero-order chi connectivity index (χ0) is 26.5. The minimum Gasteiger partial charge on any atom is -0.462 e. The summed E-state index contributed by atoms with van der Waals surface area (Å²) in [6.07, 6.45) is 4.52. The number of allylic oxidation sites excluding steroid dienone is 1. The Balaban J connectivity index is 1.56. The van der Waals surface area contributed by atoms with Gasteiger partial charge in [0.1, 0.15) is 4.83 Å². The maximum atomic E-state index is 13.3. The van der Waals surface area contributed by atoms with Crippen LogP contribution in [0.5, 0.6) is 0 Å². The van der Waals surface area contributed by atoms with Gasteiger partial charge in [-0.3, -0.25) is 14.2 Å². The second-order valence-electron chi connectivity index (χ2n) is 8.21. The molecule has 37 heavy (non-hydrogen) atoms. The highest BCUT2D eigenvalue weighted by atomic mass is 32.2. The van der Waals surface area contributed by atoms with E-state index in [-0.39, 0.29) is 47.9 Å². The van der Waals surface area contributed by atoms with E-state index in [9.17, 15) is 19.2 Å². The topological polar surface area (TPSA) is 117 Å². The van der Waals surface area contributed by atoms with Gasteiger partial charge in [0.25, 0.3) is 5.56 Å². The van der Waals surface area contributed by atoms with E-state index < -0.39 is 17.8 Å². The number of anilines is 1. The summed E-state index contributed by atoms with van der Waals surface area (Å²) in [5.41, 5.74) is 1.47. The number of hydrogen-bond donors (Lipinski definition) is 1. The second kappa shape index (κ2) is 11.7. The number of thioether (sulfide) groups is 1. The van der Waals surface area contributed by atoms with E-state index in [1.807, 2.05) is 0 Å². The number of carbonyl (C=O) groups is 3. The Morgan fingerprint density at radius 2 is 1.81 bits per heavy atom. The van der Waals surface area contributed by atoms with Gasteiger partial charge in [0.05, 0.1) is 35.5 Å². The number of benzene rings is 1. The fraction of sp³-hybridized carbons (Fsp3) is 0.346. The lowest BCUT2D eigenvalue weighted by molar-refractivity contribution is -0.113. The molecule has 11 heteroatoms. The fourth-order valence-electron chi connectivity index (χ4n) is 4.15. The Morgan fingerprint density at radius 3 is 2.43 bits per heavy atom. The Morgan fingerprint density at radius 1 is 1.14 bits per heavy atom. The van der Waals surface area contributed by atoms with Gasteiger partial charge >= 0.3 is 11.9 Å². The van der Waals surface area contributed by atoms with Gasteiger partial charge in [-0.1, -0.05) is 17.8 Å². The molecular weight excluding hydrogens is 514 g/mol.